The van der Waals surface area contributed by atoms with Crippen LogP contribution in [-0.2, 0) is 9.59 Å². The Bertz CT molecular complexity index is 386. The highest BCUT2D eigenvalue weighted by atomic mass is 35.5. The second-order valence-electron chi connectivity index (χ2n) is 4.15. The Balaban J connectivity index is 3.09. The molecule has 0 spiro atoms. The quantitative estimate of drug-likeness (QED) is 0.742. The van der Waals surface area contributed by atoms with Gasteiger partial charge in [-0.15, -0.1) is 11.6 Å². The van der Waals surface area contributed by atoms with Crippen LogP contribution in [0, 0.1) is 11.3 Å². The molecular weight excluding hydrogens is 244 g/mol. The van der Waals surface area contributed by atoms with Gasteiger partial charge in [0.1, 0.15) is 0 Å². The van der Waals surface area contributed by atoms with Crippen molar-refractivity contribution in [2.45, 2.75) is 19.8 Å². The minimum atomic E-state index is -1.16. The highest BCUT2D eigenvalue weighted by Gasteiger charge is 2.45. The molecule has 0 amide bonds. The van der Waals surface area contributed by atoms with E-state index in [0.717, 1.165) is 0 Å². The Kier molecular flexibility index (Phi) is 4.34. The lowest BCUT2D eigenvalue weighted by Crippen LogP contribution is -2.39. The fourth-order valence-corrected chi connectivity index (χ4v) is 2.30. The van der Waals surface area contributed by atoms with Crippen LogP contribution in [-0.4, -0.2) is 28.0 Å². The Morgan fingerprint density at radius 1 is 1.47 bits per heavy atom. The molecule has 0 heterocycles. The smallest absolute Gasteiger partial charge is 0.331 e. The van der Waals surface area contributed by atoms with Crippen LogP contribution >= 0.6 is 11.6 Å². The number of carboxylic acid groups (broad SMARTS) is 2. The number of carbonyl (C=O) groups is 2. The zero-order valence-corrected chi connectivity index (χ0v) is 10.3. The molecule has 2 N–H and O–H groups in total. The van der Waals surface area contributed by atoms with Gasteiger partial charge in [-0.1, -0.05) is 25.2 Å². The van der Waals surface area contributed by atoms with Crippen molar-refractivity contribution in [3.05, 3.63) is 23.8 Å². The van der Waals surface area contributed by atoms with Gasteiger partial charge in [0, 0.05) is 17.4 Å². The van der Waals surface area contributed by atoms with Crippen molar-refractivity contribution >= 4 is 23.5 Å². The molecule has 0 aromatic carbocycles. The molecule has 1 aliphatic rings. The summed E-state index contributed by atoms with van der Waals surface area (Å²) in [6.07, 6.45) is 5.41. The molecule has 1 rings (SSSR count). The van der Waals surface area contributed by atoms with Crippen molar-refractivity contribution in [3.63, 3.8) is 0 Å². The van der Waals surface area contributed by atoms with Gasteiger partial charge in [-0.05, 0) is 12.8 Å². The Morgan fingerprint density at radius 3 is 2.59 bits per heavy atom. The van der Waals surface area contributed by atoms with Gasteiger partial charge in [0.05, 0.1) is 5.41 Å². The zero-order chi connectivity index (χ0) is 13.1. The fourth-order valence-electron chi connectivity index (χ4n) is 2.17. The Morgan fingerprint density at radius 2 is 2.12 bits per heavy atom. The van der Waals surface area contributed by atoms with Gasteiger partial charge in [-0.25, -0.2) is 4.79 Å². The molecule has 94 valence electrons. The average Bonchev–Trinajstić information content (AvgIpc) is 2.27. The highest BCUT2D eigenvalue weighted by molar-refractivity contribution is 6.17. The number of hydrogen-bond acceptors (Lipinski definition) is 2. The molecule has 0 saturated carbocycles. The lowest BCUT2D eigenvalue weighted by Gasteiger charge is -2.34. The van der Waals surface area contributed by atoms with Crippen molar-refractivity contribution in [1.82, 2.24) is 0 Å². The van der Waals surface area contributed by atoms with E-state index >= 15 is 0 Å². The molecule has 2 atom stereocenters. The summed E-state index contributed by atoms with van der Waals surface area (Å²) in [5.41, 5.74) is -1.03. The third-order valence-corrected chi connectivity index (χ3v) is 3.55. The number of alkyl halides is 1. The van der Waals surface area contributed by atoms with E-state index in [1.807, 2.05) is 0 Å². The predicted octanol–water partition coefficient (Wildman–Crippen LogP) is 2.29. The molecule has 5 heteroatoms. The topological polar surface area (TPSA) is 74.6 Å². The molecule has 0 fully saturated rings. The lowest BCUT2D eigenvalue weighted by atomic mass is 9.67. The number of halogens is 1. The van der Waals surface area contributed by atoms with Crippen LogP contribution < -0.4 is 0 Å². The van der Waals surface area contributed by atoms with Crippen molar-refractivity contribution < 1.29 is 19.8 Å². The molecule has 1 aliphatic carbocycles. The number of aliphatic carboxylic acids is 2. The van der Waals surface area contributed by atoms with Crippen LogP contribution in [0.4, 0.5) is 0 Å². The van der Waals surface area contributed by atoms with Gasteiger partial charge in [-0.3, -0.25) is 4.79 Å². The average molecular weight is 259 g/mol. The van der Waals surface area contributed by atoms with E-state index < -0.39 is 23.3 Å². The summed E-state index contributed by atoms with van der Waals surface area (Å²) in [5, 5.41) is 18.4. The maximum Gasteiger partial charge on any atom is 0.331 e. The molecule has 2 unspecified atom stereocenters. The first kappa shape index (κ1) is 13.8. The molecule has 0 saturated heterocycles. The van der Waals surface area contributed by atoms with E-state index in [1.165, 1.54) is 12.2 Å². The van der Waals surface area contributed by atoms with Crippen molar-refractivity contribution in [1.29, 1.82) is 0 Å². The zero-order valence-electron chi connectivity index (χ0n) is 9.52. The first-order valence-corrected chi connectivity index (χ1v) is 5.91. The normalized spacial score (nSPS) is 27.6. The maximum atomic E-state index is 11.4. The number of rotatable bonds is 5. The summed E-state index contributed by atoms with van der Waals surface area (Å²) in [6.45, 7) is 1.63. The van der Waals surface area contributed by atoms with Crippen molar-refractivity contribution in [2.75, 3.05) is 5.88 Å². The molecule has 0 aromatic heterocycles. The van der Waals surface area contributed by atoms with Gasteiger partial charge in [0.15, 0.2) is 0 Å². The van der Waals surface area contributed by atoms with Crippen LogP contribution in [0.25, 0.3) is 0 Å². The SMILES string of the molecule is CC1C(C(=O)O)=CC=CC1(CCCCl)C(=O)O. The maximum absolute atomic E-state index is 11.4. The summed E-state index contributed by atoms with van der Waals surface area (Å²) in [5.74, 6) is -2.27. The summed E-state index contributed by atoms with van der Waals surface area (Å²) in [7, 11) is 0. The standard InChI is InChI=1S/C12H15ClO4/c1-8-9(10(14)15)4-2-5-12(8,11(16)17)6-3-7-13/h2,4-5,8H,3,6-7H2,1H3,(H,14,15)(H,16,17). The van der Waals surface area contributed by atoms with E-state index in [0.29, 0.717) is 18.7 Å². The summed E-state index contributed by atoms with van der Waals surface area (Å²) in [4.78, 5) is 22.5. The second-order valence-corrected chi connectivity index (χ2v) is 4.52. The van der Waals surface area contributed by atoms with E-state index in [4.69, 9.17) is 16.7 Å². The molecule has 4 nitrogen and oxygen atoms in total. The third kappa shape index (κ3) is 2.52. The van der Waals surface area contributed by atoms with Crippen LogP contribution in [0.3, 0.4) is 0 Å². The number of carboxylic acids is 2. The third-order valence-electron chi connectivity index (χ3n) is 3.28. The summed E-state index contributed by atoms with van der Waals surface area (Å²) >= 11 is 5.59. The molecule has 0 bridgehead atoms. The van der Waals surface area contributed by atoms with E-state index in [2.05, 4.69) is 0 Å². The highest BCUT2D eigenvalue weighted by Crippen LogP contribution is 2.41. The summed E-state index contributed by atoms with van der Waals surface area (Å²) in [6, 6.07) is 0. The molecule has 17 heavy (non-hydrogen) atoms. The van der Waals surface area contributed by atoms with Gasteiger partial charge < -0.3 is 10.2 Å². The van der Waals surface area contributed by atoms with E-state index in [1.54, 1.807) is 13.0 Å². The van der Waals surface area contributed by atoms with Crippen LogP contribution in [0.2, 0.25) is 0 Å². The molecular formula is C12H15ClO4. The fraction of sp³-hybridized carbons (Fsp3) is 0.500. The molecule has 0 aliphatic heterocycles. The first-order valence-electron chi connectivity index (χ1n) is 5.37. The van der Waals surface area contributed by atoms with Gasteiger partial charge >= 0.3 is 11.9 Å². The minimum Gasteiger partial charge on any atom is -0.481 e. The number of allylic oxidation sites excluding steroid dienone is 2. The number of hydrogen-bond donors (Lipinski definition) is 2. The molecule has 0 aromatic rings. The first-order chi connectivity index (χ1) is 7.95. The van der Waals surface area contributed by atoms with Crippen molar-refractivity contribution in [3.8, 4) is 0 Å². The van der Waals surface area contributed by atoms with Crippen LogP contribution in [0.15, 0.2) is 23.8 Å². The monoisotopic (exact) mass is 258 g/mol. The Hall–Kier alpha value is -1.29. The van der Waals surface area contributed by atoms with Crippen molar-refractivity contribution in [2.24, 2.45) is 11.3 Å². The Labute approximate surface area is 105 Å². The lowest BCUT2D eigenvalue weighted by molar-refractivity contribution is -0.149. The van der Waals surface area contributed by atoms with E-state index in [-0.39, 0.29) is 5.57 Å². The molecule has 0 radical (unpaired) electrons. The van der Waals surface area contributed by atoms with Gasteiger partial charge in [0.2, 0.25) is 0 Å². The van der Waals surface area contributed by atoms with Crippen LogP contribution in [0.1, 0.15) is 19.8 Å². The largest absolute Gasteiger partial charge is 0.481 e. The van der Waals surface area contributed by atoms with Crippen LogP contribution in [0.5, 0.6) is 0 Å². The second kappa shape index (κ2) is 5.36. The van der Waals surface area contributed by atoms with E-state index in [9.17, 15) is 14.7 Å². The summed E-state index contributed by atoms with van der Waals surface area (Å²) < 4.78 is 0. The van der Waals surface area contributed by atoms with Gasteiger partial charge in [0.25, 0.3) is 0 Å². The minimum absolute atomic E-state index is 0.129. The predicted molar refractivity (Wildman–Crippen MR) is 64.0 cm³/mol. The van der Waals surface area contributed by atoms with Gasteiger partial charge in [-0.2, -0.15) is 0 Å².